The number of carbonyl (C=O) groups excluding carboxylic acids is 2. The molecule has 2 heterocycles. The molecule has 1 aromatic heterocycles. The van der Waals surface area contributed by atoms with Crippen molar-refractivity contribution in [2.24, 2.45) is 0 Å². The third-order valence-electron chi connectivity index (χ3n) is 5.21. The number of para-hydroxylation sites is 1. The Bertz CT molecular complexity index is 1150. The smallest absolute Gasteiger partial charge is 0.278 e. The van der Waals surface area contributed by atoms with Crippen LogP contribution in [0.3, 0.4) is 0 Å². The number of methoxy groups -OCH3 is 1. The molecular formula is C24H22N2O4. The Labute approximate surface area is 174 Å². The second-order valence-corrected chi connectivity index (χ2v) is 7.15. The number of hydrogen-bond donors (Lipinski definition) is 1. The molecule has 0 unspecified atom stereocenters. The molecule has 2 amide bonds. The molecule has 0 saturated heterocycles. The maximum absolute atomic E-state index is 13.3. The molecule has 6 nitrogen and oxygen atoms in total. The first-order valence-corrected chi connectivity index (χ1v) is 9.60. The Balaban J connectivity index is 1.80. The van der Waals surface area contributed by atoms with Crippen LogP contribution in [0.25, 0.3) is 5.57 Å². The van der Waals surface area contributed by atoms with E-state index in [0.717, 1.165) is 16.8 Å². The monoisotopic (exact) mass is 402 g/mol. The topological polar surface area (TPSA) is 71.8 Å². The van der Waals surface area contributed by atoms with Gasteiger partial charge in [-0.15, -0.1) is 0 Å². The molecule has 1 aliphatic rings. The van der Waals surface area contributed by atoms with Gasteiger partial charge in [-0.05, 0) is 55.3 Å². The van der Waals surface area contributed by atoms with E-state index in [4.69, 9.17) is 9.15 Å². The number of aryl methyl sites for hydroxylation is 2. The molecule has 0 saturated carbocycles. The Morgan fingerprint density at radius 2 is 1.77 bits per heavy atom. The van der Waals surface area contributed by atoms with Gasteiger partial charge in [0.25, 0.3) is 11.8 Å². The zero-order chi connectivity index (χ0) is 21.3. The molecule has 1 aliphatic heterocycles. The molecular weight excluding hydrogens is 380 g/mol. The lowest BCUT2D eigenvalue weighted by atomic mass is 10.0. The van der Waals surface area contributed by atoms with Gasteiger partial charge in [0, 0.05) is 11.3 Å². The Morgan fingerprint density at radius 1 is 0.967 bits per heavy atom. The molecule has 3 aromatic rings. The second-order valence-electron chi connectivity index (χ2n) is 7.15. The Kier molecular flexibility index (Phi) is 5.14. The van der Waals surface area contributed by atoms with Gasteiger partial charge in [0.1, 0.15) is 17.2 Å². The predicted octanol–water partition coefficient (Wildman–Crippen LogP) is 4.30. The number of ether oxygens (including phenoxy) is 1. The Morgan fingerprint density at radius 3 is 2.47 bits per heavy atom. The number of anilines is 1. The van der Waals surface area contributed by atoms with E-state index in [1.807, 2.05) is 44.2 Å². The maximum Gasteiger partial charge on any atom is 0.278 e. The van der Waals surface area contributed by atoms with Gasteiger partial charge in [-0.3, -0.25) is 14.5 Å². The molecule has 0 fully saturated rings. The molecule has 152 valence electrons. The van der Waals surface area contributed by atoms with Crippen LogP contribution in [-0.2, 0) is 16.1 Å². The second kappa shape index (κ2) is 7.91. The number of carbonyl (C=O) groups is 2. The average molecular weight is 402 g/mol. The minimum Gasteiger partial charge on any atom is -0.496 e. The molecule has 1 N–H and O–H groups in total. The molecule has 0 atom stereocenters. The van der Waals surface area contributed by atoms with Gasteiger partial charge in [0.05, 0.1) is 25.5 Å². The standard InChI is InChI=1S/C24H22N2O4/c1-15-10-11-17(13-16(15)2)25-22-21(19-8-4-5-9-20(19)29-3)23(27)26(24(22)28)14-18-7-6-12-30-18/h4-13,25H,14H2,1-3H3. The number of nitrogens with one attached hydrogen (secondary N) is 1. The molecule has 0 aliphatic carbocycles. The number of benzene rings is 2. The fourth-order valence-electron chi connectivity index (χ4n) is 3.46. The molecule has 0 spiro atoms. The number of rotatable bonds is 6. The van der Waals surface area contributed by atoms with Crippen LogP contribution in [0.15, 0.2) is 71.0 Å². The van der Waals surface area contributed by atoms with Gasteiger partial charge >= 0.3 is 0 Å². The van der Waals surface area contributed by atoms with Gasteiger partial charge in [-0.1, -0.05) is 24.3 Å². The average Bonchev–Trinajstić information content (AvgIpc) is 3.34. The normalized spacial score (nSPS) is 13.9. The zero-order valence-electron chi connectivity index (χ0n) is 17.1. The highest BCUT2D eigenvalue weighted by molar-refractivity contribution is 6.36. The van der Waals surface area contributed by atoms with Crippen LogP contribution in [-0.4, -0.2) is 23.8 Å². The van der Waals surface area contributed by atoms with E-state index >= 15 is 0 Å². The summed E-state index contributed by atoms with van der Waals surface area (Å²) >= 11 is 0. The van der Waals surface area contributed by atoms with Crippen LogP contribution in [0.4, 0.5) is 5.69 Å². The summed E-state index contributed by atoms with van der Waals surface area (Å²) in [5.74, 6) is 0.249. The summed E-state index contributed by atoms with van der Waals surface area (Å²) in [5.41, 5.74) is 4.03. The highest BCUT2D eigenvalue weighted by Crippen LogP contribution is 2.36. The molecule has 6 heteroatoms. The molecule has 0 radical (unpaired) electrons. The summed E-state index contributed by atoms with van der Waals surface area (Å²) in [5, 5.41) is 3.18. The first kappa shape index (κ1) is 19.5. The van der Waals surface area contributed by atoms with Gasteiger partial charge < -0.3 is 14.5 Å². The summed E-state index contributed by atoms with van der Waals surface area (Å²) in [4.78, 5) is 27.8. The third-order valence-corrected chi connectivity index (χ3v) is 5.21. The fraction of sp³-hybridized carbons (Fsp3) is 0.167. The van der Waals surface area contributed by atoms with Crippen molar-refractivity contribution in [2.45, 2.75) is 20.4 Å². The fourth-order valence-corrected chi connectivity index (χ4v) is 3.46. The third kappa shape index (κ3) is 3.48. The zero-order valence-corrected chi connectivity index (χ0v) is 17.1. The number of hydrogen-bond acceptors (Lipinski definition) is 5. The summed E-state index contributed by atoms with van der Waals surface area (Å²) in [7, 11) is 1.54. The number of nitrogens with zero attached hydrogens (tertiary/aromatic N) is 1. The van der Waals surface area contributed by atoms with Crippen LogP contribution in [0, 0.1) is 13.8 Å². The van der Waals surface area contributed by atoms with E-state index in [0.29, 0.717) is 17.1 Å². The summed E-state index contributed by atoms with van der Waals surface area (Å²) < 4.78 is 10.8. The maximum atomic E-state index is 13.3. The molecule has 30 heavy (non-hydrogen) atoms. The van der Waals surface area contributed by atoms with Crippen LogP contribution < -0.4 is 10.1 Å². The van der Waals surface area contributed by atoms with Crippen LogP contribution in [0.5, 0.6) is 5.75 Å². The SMILES string of the molecule is COc1ccccc1C1=C(Nc2ccc(C)c(C)c2)C(=O)N(Cc2ccco2)C1=O. The summed E-state index contributed by atoms with van der Waals surface area (Å²) in [6.45, 7) is 4.08. The summed E-state index contributed by atoms with van der Waals surface area (Å²) in [6.07, 6.45) is 1.52. The van der Waals surface area contributed by atoms with E-state index in [-0.39, 0.29) is 17.8 Å². The highest BCUT2D eigenvalue weighted by atomic mass is 16.5. The first-order chi connectivity index (χ1) is 14.5. The van der Waals surface area contributed by atoms with Gasteiger partial charge in [-0.25, -0.2) is 0 Å². The van der Waals surface area contributed by atoms with Crippen LogP contribution in [0.2, 0.25) is 0 Å². The van der Waals surface area contributed by atoms with E-state index < -0.39 is 11.8 Å². The van der Waals surface area contributed by atoms with Crippen LogP contribution in [0.1, 0.15) is 22.5 Å². The lowest BCUT2D eigenvalue weighted by molar-refractivity contribution is -0.137. The van der Waals surface area contributed by atoms with Crippen molar-refractivity contribution in [3.8, 4) is 5.75 Å². The van der Waals surface area contributed by atoms with E-state index in [9.17, 15) is 9.59 Å². The van der Waals surface area contributed by atoms with Crippen LogP contribution >= 0.6 is 0 Å². The van der Waals surface area contributed by atoms with Crippen molar-refractivity contribution in [2.75, 3.05) is 12.4 Å². The number of amides is 2. The van der Waals surface area contributed by atoms with E-state index in [2.05, 4.69) is 5.32 Å². The van der Waals surface area contributed by atoms with Crippen molar-refractivity contribution in [1.82, 2.24) is 4.90 Å². The van der Waals surface area contributed by atoms with Crippen molar-refractivity contribution in [1.29, 1.82) is 0 Å². The van der Waals surface area contributed by atoms with Gasteiger partial charge in [0.15, 0.2) is 0 Å². The molecule has 2 aromatic carbocycles. The predicted molar refractivity (Wildman–Crippen MR) is 114 cm³/mol. The van der Waals surface area contributed by atoms with E-state index in [1.54, 1.807) is 24.3 Å². The number of imide groups is 1. The Hall–Kier alpha value is -3.80. The number of furan rings is 1. The lowest BCUT2D eigenvalue weighted by Crippen LogP contribution is -2.31. The van der Waals surface area contributed by atoms with E-state index in [1.165, 1.54) is 18.3 Å². The van der Waals surface area contributed by atoms with Crippen molar-refractivity contribution >= 4 is 23.1 Å². The van der Waals surface area contributed by atoms with Gasteiger partial charge in [0.2, 0.25) is 0 Å². The first-order valence-electron chi connectivity index (χ1n) is 9.60. The largest absolute Gasteiger partial charge is 0.496 e. The molecule has 4 rings (SSSR count). The highest BCUT2D eigenvalue weighted by Gasteiger charge is 2.40. The summed E-state index contributed by atoms with van der Waals surface area (Å²) in [6, 6.07) is 16.5. The van der Waals surface area contributed by atoms with Crippen molar-refractivity contribution in [3.63, 3.8) is 0 Å². The lowest BCUT2D eigenvalue weighted by Gasteiger charge is -2.14. The minimum absolute atomic E-state index is 0.0570. The van der Waals surface area contributed by atoms with Crippen molar-refractivity contribution < 1.29 is 18.7 Å². The van der Waals surface area contributed by atoms with Crippen molar-refractivity contribution in [3.05, 3.63) is 89.0 Å². The molecule has 0 bridgehead atoms. The minimum atomic E-state index is -0.407. The van der Waals surface area contributed by atoms with Gasteiger partial charge in [-0.2, -0.15) is 0 Å². The quantitative estimate of drug-likeness (QED) is 0.623.